The third-order valence-corrected chi connectivity index (χ3v) is 7.95. The lowest BCUT2D eigenvalue weighted by molar-refractivity contribution is -0.303. The van der Waals surface area contributed by atoms with Gasteiger partial charge >= 0.3 is 0 Å². The molecule has 0 spiro atoms. The van der Waals surface area contributed by atoms with Gasteiger partial charge in [-0.25, -0.2) is 8.78 Å². The first-order valence-corrected chi connectivity index (χ1v) is 15.6. The fourth-order valence-corrected chi connectivity index (χ4v) is 5.15. The molecule has 43 heavy (non-hydrogen) atoms. The van der Waals surface area contributed by atoms with Crippen LogP contribution in [0.1, 0.15) is 101 Å². The molecule has 0 radical (unpaired) electrons. The molecule has 1 saturated heterocycles. The van der Waals surface area contributed by atoms with E-state index in [1.54, 1.807) is 0 Å². The van der Waals surface area contributed by atoms with Gasteiger partial charge in [0.15, 0.2) is 17.9 Å². The molecule has 1 aliphatic heterocycles. The zero-order valence-electron chi connectivity index (χ0n) is 25.1. The summed E-state index contributed by atoms with van der Waals surface area (Å²) in [4.78, 5) is 12.8. The second-order valence-electron chi connectivity index (χ2n) is 11.5. The van der Waals surface area contributed by atoms with Gasteiger partial charge in [0.05, 0.1) is 25.4 Å². The fourth-order valence-electron chi connectivity index (χ4n) is 5.15. The van der Waals surface area contributed by atoms with Crippen molar-refractivity contribution in [2.75, 3.05) is 13.2 Å². The highest BCUT2D eigenvalue weighted by molar-refractivity contribution is 5.94. The van der Waals surface area contributed by atoms with E-state index in [0.29, 0.717) is 12.5 Å². The van der Waals surface area contributed by atoms with Crippen LogP contribution in [0, 0.1) is 11.6 Å². The first-order valence-electron chi connectivity index (χ1n) is 15.6. The number of unbranched alkanes of at least 4 members (excludes halogenated alkanes) is 11. The summed E-state index contributed by atoms with van der Waals surface area (Å²) in [5, 5.41) is 63.7. The van der Waals surface area contributed by atoms with Crippen molar-refractivity contribution in [3.05, 3.63) is 35.4 Å². The number of carbonyl (C=O) groups is 1. The first-order chi connectivity index (χ1) is 20.6. The van der Waals surface area contributed by atoms with Crippen molar-refractivity contribution in [2.45, 2.75) is 139 Å². The van der Waals surface area contributed by atoms with Crippen molar-refractivity contribution in [1.29, 1.82) is 0 Å². The fraction of sp³-hybridized carbons (Fsp3) is 0.774. The lowest BCUT2D eigenvalue weighted by Gasteiger charge is -2.40. The van der Waals surface area contributed by atoms with Crippen LogP contribution < -0.4 is 5.32 Å². The van der Waals surface area contributed by atoms with E-state index in [0.717, 1.165) is 37.8 Å². The number of rotatable bonds is 21. The Morgan fingerprint density at radius 2 is 1.47 bits per heavy atom. The van der Waals surface area contributed by atoms with Crippen molar-refractivity contribution >= 4 is 5.91 Å². The van der Waals surface area contributed by atoms with Gasteiger partial charge in [-0.05, 0) is 24.6 Å². The second kappa shape index (κ2) is 20.3. The predicted octanol–water partition coefficient (Wildman–Crippen LogP) is 2.69. The average molecular weight is 620 g/mol. The van der Waals surface area contributed by atoms with Gasteiger partial charge in [0, 0.05) is 5.56 Å². The molecule has 1 aromatic carbocycles. The molecule has 12 heteroatoms. The Balaban J connectivity index is 1.89. The minimum absolute atomic E-state index is 0.232. The maximum absolute atomic E-state index is 13.7. The van der Waals surface area contributed by atoms with Gasteiger partial charge in [0.25, 0.3) is 5.91 Å². The predicted molar refractivity (Wildman–Crippen MR) is 155 cm³/mol. The zero-order valence-corrected chi connectivity index (χ0v) is 25.1. The van der Waals surface area contributed by atoms with Gasteiger partial charge in [0.2, 0.25) is 0 Å². The number of aliphatic hydroxyl groups excluding tert-OH is 6. The second-order valence-corrected chi connectivity index (χ2v) is 11.5. The topological polar surface area (TPSA) is 169 Å². The van der Waals surface area contributed by atoms with Gasteiger partial charge in [-0.2, -0.15) is 0 Å². The Morgan fingerprint density at radius 3 is 2.02 bits per heavy atom. The van der Waals surface area contributed by atoms with Gasteiger partial charge in [-0.15, -0.1) is 0 Å². The summed E-state index contributed by atoms with van der Waals surface area (Å²) in [6, 6.07) is 1.23. The number of benzene rings is 1. The molecule has 10 nitrogen and oxygen atoms in total. The summed E-state index contributed by atoms with van der Waals surface area (Å²) in [6.07, 6.45) is 3.22. The normalized spacial score (nSPS) is 24.4. The van der Waals surface area contributed by atoms with Crippen LogP contribution in [-0.2, 0) is 9.47 Å². The molecule has 248 valence electrons. The number of hydrogen-bond acceptors (Lipinski definition) is 9. The van der Waals surface area contributed by atoms with Crippen LogP contribution in [0.2, 0.25) is 0 Å². The molecule has 1 amide bonds. The van der Waals surface area contributed by atoms with Crippen LogP contribution in [0.3, 0.4) is 0 Å². The highest BCUT2D eigenvalue weighted by Crippen LogP contribution is 2.23. The summed E-state index contributed by atoms with van der Waals surface area (Å²) in [6.45, 7) is 0.994. The van der Waals surface area contributed by atoms with Crippen molar-refractivity contribution in [2.24, 2.45) is 0 Å². The summed E-state index contributed by atoms with van der Waals surface area (Å²) in [5.74, 6) is -3.26. The van der Waals surface area contributed by atoms with Crippen LogP contribution in [-0.4, -0.2) is 98.7 Å². The molecule has 1 aromatic rings. The van der Waals surface area contributed by atoms with Gasteiger partial charge in [-0.1, -0.05) is 84.0 Å². The van der Waals surface area contributed by atoms with Crippen molar-refractivity contribution in [3.63, 3.8) is 0 Å². The molecule has 0 unspecified atom stereocenters. The molecule has 1 aliphatic rings. The molecule has 1 fully saturated rings. The smallest absolute Gasteiger partial charge is 0.251 e. The number of carbonyl (C=O) groups excluding carboxylic acids is 1. The number of ether oxygens (including phenoxy) is 2. The van der Waals surface area contributed by atoms with E-state index in [2.05, 4.69) is 12.2 Å². The number of hydrogen-bond donors (Lipinski definition) is 7. The Kier molecular flexibility index (Phi) is 17.7. The van der Waals surface area contributed by atoms with Crippen LogP contribution in [0.4, 0.5) is 8.78 Å². The number of halogens is 2. The van der Waals surface area contributed by atoms with Crippen molar-refractivity contribution < 1.29 is 53.7 Å². The first kappa shape index (κ1) is 37.4. The van der Waals surface area contributed by atoms with Crippen molar-refractivity contribution in [3.8, 4) is 0 Å². The standard InChI is InChI=1S/C31H51F2NO9/c1-2-3-4-5-6-7-8-9-10-11-12-13-14-24(36)26(37)23(34-30(41)20-15-16-21(32)22(33)17-20)19-42-31-29(40)28(39)27(38)25(18-35)43-31/h15-17,23-29,31,35-40H,2-14,18-19H2,1H3,(H,34,41)/t23-,24+,25+,26-,27-,28-,29+,31-/m0/s1. The van der Waals surface area contributed by atoms with E-state index in [4.69, 9.17) is 9.47 Å². The highest BCUT2D eigenvalue weighted by Gasteiger charge is 2.44. The zero-order chi connectivity index (χ0) is 31.8. The maximum atomic E-state index is 13.7. The average Bonchev–Trinajstić information content (AvgIpc) is 3.00. The van der Waals surface area contributed by atoms with E-state index in [9.17, 15) is 44.2 Å². The highest BCUT2D eigenvalue weighted by atomic mass is 19.2. The molecule has 0 bridgehead atoms. The Labute approximate surface area is 253 Å². The van der Waals surface area contributed by atoms with E-state index < -0.39 is 79.7 Å². The van der Waals surface area contributed by atoms with Gasteiger partial charge in [-0.3, -0.25) is 4.79 Å². The lowest BCUT2D eigenvalue weighted by Crippen LogP contribution is -2.60. The number of nitrogens with one attached hydrogen (secondary N) is 1. The van der Waals surface area contributed by atoms with E-state index in [1.165, 1.54) is 44.9 Å². The number of amides is 1. The quantitative estimate of drug-likeness (QED) is 0.102. The Bertz CT molecular complexity index is 925. The third-order valence-electron chi connectivity index (χ3n) is 7.95. The van der Waals surface area contributed by atoms with Crippen LogP contribution in [0.15, 0.2) is 18.2 Å². The molecule has 7 N–H and O–H groups in total. The summed E-state index contributed by atoms with van der Waals surface area (Å²) in [5.41, 5.74) is -0.237. The molecular formula is C31H51F2NO9. The maximum Gasteiger partial charge on any atom is 0.251 e. The third kappa shape index (κ3) is 12.6. The van der Waals surface area contributed by atoms with Crippen molar-refractivity contribution in [1.82, 2.24) is 5.32 Å². The summed E-state index contributed by atoms with van der Waals surface area (Å²) >= 11 is 0. The van der Waals surface area contributed by atoms with Crippen LogP contribution >= 0.6 is 0 Å². The SMILES string of the molecule is CCCCCCCCCCCCCC[C@@H](O)[C@@H](O)[C@H](CO[C@H]1O[C@H](CO)[C@H](O)[C@H](O)[C@H]1O)NC(=O)c1ccc(F)c(F)c1. The van der Waals surface area contributed by atoms with Crippen LogP contribution in [0.5, 0.6) is 0 Å². The molecule has 2 rings (SSSR count). The number of aliphatic hydroxyl groups is 6. The van der Waals surface area contributed by atoms with Crippen LogP contribution in [0.25, 0.3) is 0 Å². The van der Waals surface area contributed by atoms with Gasteiger partial charge in [0.1, 0.15) is 30.5 Å². The van der Waals surface area contributed by atoms with Gasteiger partial charge < -0.3 is 45.4 Å². The molecule has 0 aromatic heterocycles. The lowest BCUT2D eigenvalue weighted by atomic mass is 9.98. The minimum atomic E-state index is -1.72. The Morgan fingerprint density at radius 1 is 0.884 bits per heavy atom. The molecule has 1 heterocycles. The van der Waals surface area contributed by atoms with E-state index >= 15 is 0 Å². The molecule has 0 saturated carbocycles. The summed E-state index contributed by atoms with van der Waals surface area (Å²) < 4.78 is 37.9. The molecule has 0 aliphatic carbocycles. The monoisotopic (exact) mass is 619 g/mol. The molecule has 8 atom stereocenters. The van der Waals surface area contributed by atoms with E-state index in [-0.39, 0.29) is 12.0 Å². The Hall–Kier alpha value is -1.77. The van der Waals surface area contributed by atoms with E-state index in [1.807, 2.05) is 0 Å². The largest absolute Gasteiger partial charge is 0.394 e. The molecular weight excluding hydrogens is 568 g/mol. The summed E-state index contributed by atoms with van der Waals surface area (Å²) in [7, 11) is 0. The minimum Gasteiger partial charge on any atom is -0.394 e.